The molecule has 1 N–H and O–H groups in total. The molecule has 5 aliphatic heterocycles. The van der Waals surface area contributed by atoms with Gasteiger partial charge in [0.25, 0.3) is 5.91 Å². The quantitative estimate of drug-likeness (QED) is 0.0613. The molecule has 0 bridgehead atoms. The van der Waals surface area contributed by atoms with Crippen LogP contribution in [0.25, 0.3) is 27.6 Å². The first-order valence-electron chi connectivity index (χ1n) is 29.9. The van der Waals surface area contributed by atoms with Crippen molar-refractivity contribution in [2.24, 2.45) is 5.92 Å². The van der Waals surface area contributed by atoms with E-state index in [4.69, 9.17) is 23.9 Å². The monoisotopic (exact) mass is 1140 g/mol. The number of nitrogens with zero attached hydrogens (tertiary/aromatic N) is 11. The molecule has 11 rings (SSSR count). The van der Waals surface area contributed by atoms with E-state index in [2.05, 4.69) is 58.0 Å². The van der Waals surface area contributed by atoms with Crippen LogP contribution in [0.2, 0.25) is 0 Å². The van der Waals surface area contributed by atoms with Crippen LogP contribution in [0.4, 0.5) is 31.7 Å². The van der Waals surface area contributed by atoms with E-state index >= 15 is 4.39 Å². The fourth-order valence-electron chi connectivity index (χ4n) is 12.9. The van der Waals surface area contributed by atoms with E-state index < -0.39 is 5.82 Å². The number of anilines is 4. The Balaban J connectivity index is 0.582. The van der Waals surface area contributed by atoms with E-state index in [1.54, 1.807) is 55.3 Å². The van der Waals surface area contributed by atoms with Crippen LogP contribution in [0.15, 0.2) is 91.4 Å². The Bertz CT molecular complexity index is 3180. The third-order valence-corrected chi connectivity index (χ3v) is 17.5. The van der Waals surface area contributed by atoms with Crippen LogP contribution in [-0.4, -0.2) is 196 Å². The van der Waals surface area contributed by atoms with E-state index in [-0.39, 0.29) is 41.8 Å². The lowest BCUT2D eigenvalue weighted by Crippen LogP contribution is -2.50. The molecule has 18 nitrogen and oxygen atoms in total. The van der Waals surface area contributed by atoms with Gasteiger partial charge in [-0.25, -0.2) is 13.8 Å². The van der Waals surface area contributed by atoms with Crippen molar-refractivity contribution >= 4 is 51.2 Å². The number of fused-ring (bicyclic) bond motifs is 2. The van der Waals surface area contributed by atoms with Gasteiger partial charge in [0.15, 0.2) is 5.82 Å². The Labute approximate surface area is 485 Å². The van der Waals surface area contributed by atoms with Crippen molar-refractivity contribution < 1.29 is 37.3 Å². The Hall–Kier alpha value is -7.13. The largest absolute Gasteiger partial charge is 0.496 e. The molecular weight excluding hydrogens is 1060 g/mol. The van der Waals surface area contributed by atoms with Crippen molar-refractivity contribution in [3.8, 4) is 16.9 Å². The Morgan fingerprint density at radius 3 is 2.25 bits per heavy atom. The van der Waals surface area contributed by atoms with Gasteiger partial charge >= 0.3 is 0 Å². The van der Waals surface area contributed by atoms with E-state index in [1.807, 2.05) is 42.6 Å². The van der Waals surface area contributed by atoms with Gasteiger partial charge in [0.2, 0.25) is 5.91 Å². The SMILES string of the molecule is COc1cc(N2CCN(CCOCCOCCOCCC3CCN(c4ccnc(N5CC[C@@H]6[C@H]5CCCN6c5cccc(F)c5)c4)CC3)CC2)ccc1-c1cc(C2=CCCN(C(=O)CCn3ccnn3)C2)c(F)c2[nH]c(C(=O)N(C)C)cc12. The molecule has 8 heterocycles. The smallest absolute Gasteiger partial charge is 0.269 e. The van der Waals surface area contributed by atoms with Gasteiger partial charge < -0.3 is 53.3 Å². The highest BCUT2D eigenvalue weighted by Gasteiger charge is 2.41. The number of aromatic amines is 1. The number of hydrogen-bond acceptors (Lipinski definition) is 14. The summed E-state index contributed by atoms with van der Waals surface area (Å²) in [4.78, 5) is 50.0. The number of aryl methyl sites for hydroxylation is 1. The number of benzene rings is 3. The summed E-state index contributed by atoms with van der Waals surface area (Å²) in [5.74, 6) is 1.38. The predicted molar refractivity (Wildman–Crippen MR) is 319 cm³/mol. The molecule has 20 heteroatoms. The number of piperidine rings is 2. The van der Waals surface area contributed by atoms with Crippen molar-refractivity contribution in [1.29, 1.82) is 0 Å². The van der Waals surface area contributed by atoms with Gasteiger partial charge in [0.05, 0.1) is 70.5 Å². The molecule has 442 valence electrons. The molecule has 3 aromatic carbocycles. The second kappa shape index (κ2) is 27.1. The number of rotatable bonds is 23. The molecule has 4 saturated heterocycles. The van der Waals surface area contributed by atoms with Gasteiger partial charge in [-0.3, -0.25) is 19.2 Å². The van der Waals surface area contributed by atoms with Gasteiger partial charge in [-0.2, -0.15) is 0 Å². The minimum atomic E-state index is -0.473. The number of amides is 2. The second-order valence-electron chi connectivity index (χ2n) is 22.8. The van der Waals surface area contributed by atoms with Crippen LogP contribution in [0.1, 0.15) is 67.4 Å². The number of carbonyl (C=O) groups excluding carboxylic acids is 2. The first-order chi connectivity index (χ1) is 40.6. The maximum atomic E-state index is 16.8. The Morgan fingerprint density at radius 2 is 1.48 bits per heavy atom. The van der Waals surface area contributed by atoms with Crippen molar-refractivity contribution in [3.63, 3.8) is 0 Å². The third kappa shape index (κ3) is 13.6. The van der Waals surface area contributed by atoms with Crippen LogP contribution in [0, 0.1) is 17.6 Å². The number of ether oxygens (including phenoxy) is 4. The van der Waals surface area contributed by atoms with Gasteiger partial charge in [-0.15, -0.1) is 5.10 Å². The number of halogens is 2. The van der Waals surface area contributed by atoms with Crippen LogP contribution >= 0.6 is 0 Å². The first kappa shape index (κ1) is 57.7. The summed E-state index contributed by atoms with van der Waals surface area (Å²) < 4.78 is 56.4. The number of pyridine rings is 1. The molecule has 4 fully saturated rings. The summed E-state index contributed by atoms with van der Waals surface area (Å²) in [6.45, 7) is 13.0. The van der Waals surface area contributed by atoms with Crippen LogP contribution in [-0.2, 0) is 25.5 Å². The van der Waals surface area contributed by atoms with Crippen molar-refractivity contribution in [3.05, 3.63) is 114 Å². The third-order valence-electron chi connectivity index (χ3n) is 17.5. The highest BCUT2D eigenvalue weighted by Crippen LogP contribution is 2.43. The summed E-state index contributed by atoms with van der Waals surface area (Å²) in [5, 5.41) is 8.37. The average molecular weight is 1140 g/mol. The molecule has 0 radical (unpaired) electrons. The van der Waals surface area contributed by atoms with E-state index in [9.17, 15) is 14.0 Å². The molecule has 6 aromatic rings. The molecule has 0 saturated carbocycles. The molecule has 0 aliphatic carbocycles. The van der Waals surface area contributed by atoms with Gasteiger partial charge in [0.1, 0.15) is 23.1 Å². The number of H-pyrrole nitrogens is 1. The lowest BCUT2D eigenvalue weighted by atomic mass is 9.92. The zero-order chi connectivity index (χ0) is 57.2. The first-order valence-corrected chi connectivity index (χ1v) is 29.9. The fourth-order valence-corrected chi connectivity index (χ4v) is 12.9. The minimum Gasteiger partial charge on any atom is -0.496 e. The zero-order valence-electron chi connectivity index (χ0n) is 48.4. The van der Waals surface area contributed by atoms with Crippen molar-refractivity contribution in [1.82, 2.24) is 39.7 Å². The summed E-state index contributed by atoms with van der Waals surface area (Å²) >= 11 is 0. The molecule has 0 spiro atoms. The molecule has 83 heavy (non-hydrogen) atoms. The van der Waals surface area contributed by atoms with Crippen LogP contribution in [0.3, 0.4) is 0 Å². The molecular formula is C63H80F2N12O6. The van der Waals surface area contributed by atoms with Gasteiger partial charge in [-0.1, -0.05) is 17.4 Å². The van der Waals surface area contributed by atoms with Crippen LogP contribution in [0.5, 0.6) is 5.75 Å². The maximum Gasteiger partial charge on any atom is 0.269 e. The molecule has 0 unspecified atom stereocenters. The summed E-state index contributed by atoms with van der Waals surface area (Å²) in [7, 11) is 4.98. The lowest BCUT2D eigenvalue weighted by molar-refractivity contribution is -0.131. The van der Waals surface area contributed by atoms with E-state index in [0.29, 0.717) is 92.8 Å². The van der Waals surface area contributed by atoms with E-state index in [1.165, 1.54) is 16.7 Å². The zero-order valence-corrected chi connectivity index (χ0v) is 48.4. The topological polar surface area (TPSA) is 153 Å². The number of carbonyl (C=O) groups is 2. The summed E-state index contributed by atoms with van der Waals surface area (Å²) in [6.07, 6.45) is 14.7. The highest BCUT2D eigenvalue weighted by molar-refractivity contribution is 6.05. The average Bonchev–Trinajstić information content (AvgIpc) is 3.00. The molecule has 3 aromatic heterocycles. The number of aromatic nitrogens is 5. The number of nitrogens with one attached hydrogen (secondary N) is 1. The van der Waals surface area contributed by atoms with Crippen molar-refractivity contribution in [2.75, 3.05) is 152 Å². The molecule has 5 aliphatic rings. The second-order valence-corrected chi connectivity index (χ2v) is 22.8. The highest BCUT2D eigenvalue weighted by atomic mass is 19.1. The standard InChI is InChI=1S/C63H80F2N12O6/c1-70(2)63(79)55-43-54-53(42-52(61(65)62(54)68-55)46-7-5-21-74(44-46)60(78)17-25-75-27-20-67-69-75)51-12-11-48(40-58(51)80-3)73-30-28-71(29-31-73)32-34-82-36-38-83-37-35-81-33-18-45-14-23-72(24-15-45)49-13-19-66-59(41-49)77-26-16-57-56(77)10-6-22-76(57)50-9-4-8-47(64)39-50/h4,7-9,11-13,19-20,27,39-43,45,56-57,68H,5-6,10,14-18,21-26,28-38,44H2,1-3H3/t56-,57-/m1/s1. The molecule has 2 atom stereocenters. The number of hydrogen-bond donors (Lipinski definition) is 1. The van der Waals surface area contributed by atoms with Gasteiger partial charge in [-0.05, 0) is 111 Å². The maximum absolute atomic E-state index is 16.8. The number of piperazine rings is 1. The van der Waals surface area contributed by atoms with Crippen LogP contribution < -0.4 is 24.3 Å². The summed E-state index contributed by atoms with van der Waals surface area (Å²) in [6, 6.07) is 21.9. The van der Waals surface area contributed by atoms with Crippen molar-refractivity contribution in [2.45, 2.75) is 70.0 Å². The lowest BCUT2D eigenvalue weighted by Gasteiger charge is -2.41. The normalized spacial score (nSPS) is 19.0. The predicted octanol–water partition coefficient (Wildman–Crippen LogP) is 8.24. The van der Waals surface area contributed by atoms with E-state index in [0.717, 1.165) is 132 Å². The number of methoxy groups -OCH3 is 1. The minimum absolute atomic E-state index is 0.0435. The van der Waals surface area contributed by atoms with Gasteiger partial charge in [0, 0.05) is 157 Å². The Morgan fingerprint density at radius 1 is 0.711 bits per heavy atom. The fraction of sp³-hybridized carbons (Fsp3) is 0.508. The summed E-state index contributed by atoms with van der Waals surface area (Å²) in [5.41, 5.74) is 6.33. The molecule has 2 amide bonds. The Kier molecular flexibility index (Phi) is 18.8.